The largest absolute Gasteiger partial charge is 0.475 e. The Hall–Kier alpha value is -6.20. The summed E-state index contributed by atoms with van der Waals surface area (Å²) in [4.78, 5) is 65.5. The van der Waals surface area contributed by atoms with Crippen LogP contribution in [0, 0.1) is 10.1 Å². The first-order valence-electron chi connectivity index (χ1n) is 18.6. The van der Waals surface area contributed by atoms with Crippen molar-refractivity contribution >= 4 is 29.4 Å². The molecule has 58 heavy (non-hydrogen) atoms. The fraction of sp³-hybridized carbons (Fsp3) is 0.333. The predicted molar refractivity (Wildman–Crippen MR) is 204 cm³/mol. The molecule has 16 heteroatoms. The Morgan fingerprint density at radius 2 is 1.36 bits per heavy atom. The molecule has 0 spiro atoms. The van der Waals surface area contributed by atoms with E-state index in [2.05, 4.69) is 0 Å². The van der Waals surface area contributed by atoms with Crippen LogP contribution in [0.5, 0.6) is 5.75 Å². The number of amides is 2. The Kier molecular flexibility index (Phi) is 14.1. The van der Waals surface area contributed by atoms with Crippen LogP contribution in [-0.4, -0.2) is 114 Å². The van der Waals surface area contributed by atoms with E-state index in [1.807, 2.05) is 60.7 Å². The van der Waals surface area contributed by atoms with Crippen molar-refractivity contribution in [1.29, 1.82) is 0 Å². The number of nitrogens with zero attached hydrogens (tertiary/aromatic N) is 3. The average Bonchev–Trinajstić information content (AvgIpc) is 3.25. The number of hydrogen-bond acceptors (Lipinski definition) is 13. The van der Waals surface area contributed by atoms with E-state index in [0.29, 0.717) is 13.1 Å². The van der Waals surface area contributed by atoms with Crippen LogP contribution in [0.4, 0.5) is 5.69 Å². The zero-order valence-corrected chi connectivity index (χ0v) is 31.6. The normalized spacial score (nSPS) is 20.5. The molecule has 6 rings (SSSR count). The average molecular weight is 798 g/mol. The molecule has 2 saturated heterocycles. The zero-order chi connectivity index (χ0) is 41.0. The monoisotopic (exact) mass is 797 g/mol. The molecule has 2 unspecified atom stereocenters. The second-order valence-corrected chi connectivity index (χ2v) is 13.5. The maximum atomic E-state index is 13.2. The van der Waals surface area contributed by atoms with Crippen LogP contribution >= 0.6 is 0 Å². The van der Waals surface area contributed by atoms with Gasteiger partial charge in [0.15, 0.2) is 24.8 Å². The van der Waals surface area contributed by atoms with Crippen LogP contribution < -0.4 is 4.74 Å². The van der Waals surface area contributed by atoms with Crippen molar-refractivity contribution in [3.8, 4) is 5.75 Å². The highest BCUT2D eigenvalue weighted by molar-refractivity contribution is 5.95. The predicted octanol–water partition coefficient (Wildman–Crippen LogP) is 3.93. The van der Waals surface area contributed by atoms with E-state index in [-0.39, 0.29) is 49.1 Å². The Balaban J connectivity index is 1.14. The number of ether oxygens (including phenoxy) is 6. The van der Waals surface area contributed by atoms with Gasteiger partial charge in [-0.1, -0.05) is 78.9 Å². The lowest BCUT2D eigenvalue weighted by atomic mass is 9.98. The minimum atomic E-state index is -1.52. The molecule has 16 nitrogen and oxygen atoms in total. The highest BCUT2D eigenvalue weighted by Crippen LogP contribution is 2.31. The summed E-state index contributed by atoms with van der Waals surface area (Å²) in [5.74, 6) is -2.48. The van der Waals surface area contributed by atoms with Gasteiger partial charge in [0.05, 0.1) is 23.7 Å². The molecule has 0 radical (unpaired) electrons. The van der Waals surface area contributed by atoms with Crippen LogP contribution in [0.1, 0.15) is 38.8 Å². The number of carbonyl (C=O) groups is 4. The number of nitro groups is 1. The van der Waals surface area contributed by atoms with Gasteiger partial charge in [-0.25, -0.2) is 9.59 Å². The summed E-state index contributed by atoms with van der Waals surface area (Å²) in [6.45, 7) is 1.50. The van der Waals surface area contributed by atoms with Gasteiger partial charge in [-0.2, -0.15) is 0 Å². The van der Waals surface area contributed by atoms with Gasteiger partial charge in [0.25, 0.3) is 5.91 Å². The molecule has 2 aliphatic heterocycles. The Morgan fingerprint density at radius 1 is 0.776 bits per heavy atom. The Labute approximate surface area is 333 Å². The second-order valence-electron chi connectivity index (χ2n) is 13.5. The highest BCUT2D eigenvalue weighted by Gasteiger charge is 2.49. The number of hydrogen-bond donors (Lipinski definition) is 1. The molecule has 2 fully saturated rings. The van der Waals surface area contributed by atoms with Gasteiger partial charge in [0.1, 0.15) is 24.9 Å². The van der Waals surface area contributed by atoms with Crippen molar-refractivity contribution in [2.45, 2.75) is 50.8 Å². The molecule has 4 aromatic rings. The fourth-order valence-corrected chi connectivity index (χ4v) is 6.46. The third-order valence-corrected chi connectivity index (χ3v) is 9.58. The molecule has 0 bridgehead atoms. The molecule has 304 valence electrons. The quantitative estimate of drug-likeness (QED) is 0.103. The van der Waals surface area contributed by atoms with E-state index < -0.39 is 72.4 Å². The third-order valence-electron chi connectivity index (χ3n) is 9.58. The van der Waals surface area contributed by atoms with Crippen LogP contribution in [0.2, 0.25) is 0 Å². The lowest BCUT2D eigenvalue weighted by Crippen LogP contribution is -2.61. The van der Waals surface area contributed by atoms with Gasteiger partial charge in [0.2, 0.25) is 5.91 Å². The number of benzene rings is 4. The van der Waals surface area contributed by atoms with Crippen LogP contribution in [0.15, 0.2) is 109 Å². The molecule has 2 heterocycles. The molecule has 0 aromatic heterocycles. The Morgan fingerprint density at radius 3 is 1.97 bits per heavy atom. The number of piperazine rings is 1. The van der Waals surface area contributed by atoms with Crippen molar-refractivity contribution in [1.82, 2.24) is 9.80 Å². The first-order chi connectivity index (χ1) is 28.1. The van der Waals surface area contributed by atoms with Gasteiger partial charge >= 0.3 is 17.6 Å². The molecule has 0 aliphatic carbocycles. The molecular weight excluding hydrogens is 754 g/mol. The van der Waals surface area contributed by atoms with Gasteiger partial charge < -0.3 is 43.3 Å². The first kappa shape index (κ1) is 41.4. The van der Waals surface area contributed by atoms with Crippen LogP contribution in [0.25, 0.3) is 0 Å². The van der Waals surface area contributed by atoms with Gasteiger partial charge in [-0.3, -0.25) is 19.7 Å². The smallest absolute Gasteiger partial charge is 0.344 e. The number of esters is 2. The SMILES string of the molecule is CC(=O)N1CCN(C(=O)c2ccc(OCC(=O)OCC3O[C@H](OCc4ccccc4)C(OC(=O)c4ccccc4)[C@@H](O)[C@H]3OCc3ccccc3)c([N+](=O)[O-])c2)CC1. The van der Waals surface area contributed by atoms with Crippen molar-refractivity contribution in [3.63, 3.8) is 0 Å². The van der Waals surface area contributed by atoms with Crippen molar-refractivity contribution < 1.29 is 57.6 Å². The van der Waals surface area contributed by atoms with E-state index in [0.717, 1.165) is 17.2 Å². The fourth-order valence-electron chi connectivity index (χ4n) is 6.46. The van der Waals surface area contributed by atoms with Crippen LogP contribution in [-0.2, 0) is 46.5 Å². The summed E-state index contributed by atoms with van der Waals surface area (Å²) >= 11 is 0. The topological polar surface area (TPSA) is 194 Å². The first-order valence-corrected chi connectivity index (χ1v) is 18.6. The van der Waals surface area contributed by atoms with Crippen molar-refractivity contribution in [2.75, 3.05) is 39.4 Å². The number of carbonyl (C=O) groups excluding carboxylic acids is 4. The van der Waals surface area contributed by atoms with E-state index in [4.69, 9.17) is 28.4 Å². The lowest BCUT2D eigenvalue weighted by molar-refractivity contribution is -0.385. The lowest BCUT2D eigenvalue weighted by Gasteiger charge is -2.43. The molecule has 1 N–H and O–H groups in total. The van der Waals surface area contributed by atoms with Gasteiger partial charge in [-0.05, 0) is 35.4 Å². The highest BCUT2D eigenvalue weighted by atomic mass is 16.7. The maximum absolute atomic E-state index is 13.2. The van der Waals surface area contributed by atoms with Crippen LogP contribution in [0.3, 0.4) is 0 Å². The van der Waals surface area contributed by atoms with E-state index >= 15 is 0 Å². The molecule has 2 aliphatic rings. The number of aliphatic hydroxyl groups excluding tert-OH is 1. The summed E-state index contributed by atoms with van der Waals surface area (Å²) in [5.41, 5.74) is 1.28. The van der Waals surface area contributed by atoms with Gasteiger partial charge in [-0.15, -0.1) is 0 Å². The molecule has 2 amide bonds. The maximum Gasteiger partial charge on any atom is 0.344 e. The molecule has 5 atom stereocenters. The number of aliphatic hydroxyl groups is 1. The summed E-state index contributed by atoms with van der Waals surface area (Å²) in [6, 6.07) is 30.1. The summed E-state index contributed by atoms with van der Waals surface area (Å²) in [5, 5.41) is 23.8. The van der Waals surface area contributed by atoms with Gasteiger partial charge in [0, 0.05) is 44.7 Å². The standard InChI is InChI=1S/C42H43N3O13/c1-28(46)43-19-21-44(22-20-43)40(49)32-17-18-34(33(23-32)45(51)52)53-27-36(47)54-26-35-38(55-24-29-11-5-2-6-12-29)37(48)39(58-41(50)31-15-9-4-10-16-31)42(57-35)56-25-30-13-7-3-8-14-30/h2-18,23,35,37-39,42,48H,19-22,24-27H2,1H3/t35?,37-,38-,39?,42-/m0/s1. The zero-order valence-electron chi connectivity index (χ0n) is 31.6. The molecule has 4 aromatic carbocycles. The summed E-state index contributed by atoms with van der Waals surface area (Å²) < 4.78 is 35.3. The summed E-state index contributed by atoms with van der Waals surface area (Å²) in [7, 11) is 0. The molecule has 0 saturated carbocycles. The minimum absolute atomic E-state index is 0.0190. The van der Waals surface area contributed by atoms with Crippen molar-refractivity contribution in [2.24, 2.45) is 0 Å². The van der Waals surface area contributed by atoms with E-state index in [9.17, 15) is 34.4 Å². The minimum Gasteiger partial charge on any atom is -0.475 e. The number of nitro benzene ring substituents is 1. The molecular formula is C42H43N3O13. The van der Waals surface area contributed by atoms with E-state index in [1.54, 1.807) is 35.2 Å². The Bertz CT molecular complexity index is 2030. The third kappa shape index (κ3) is 10.8. The van der Waals surface area contributed by atoms with Crippen molar-refractivity contribution in [3.05, 3.63) is 142 Å². The summed E-state index contributed by atoms with van der Waals surface area (Å²) in [6.07, 6.45) is -6.57. The second kappa shape index (κ2) is 19.8. The number of rotatable bonds is 15. The van der Waals surface area contributed by atoms with E-state index in [1.165, 1.54) is 24.0 Å².